The summed E-state index contributed by atoms with van der Waals surface area (Å²) in [4.78, 5) is 11.8. The maximum atomic E-state index is 4.34. The summed E-state index contributed by atoms with van der Waals surface area (Å²) in [5, 5.41) is 3.68. The summed E-state index contributed by atoms with van der Waals surface area (Å²) in [5.74, 6) is 1.07. The molecule has 1 saturated heterocycles. The molecule has 108 valence electrons. The van der Waals surface area contributed by atoms with Crippen LogP contribution in [0.4, 0.5) is 0 Å². The molecular formula is C15H23N5. The fourth-order valence-corrected chi connectivity index (χ4v) is 3.03. The lowest BCUT2D eigenvalue weighted by Gasteiger charge is -2.29. The first kappa shape index (κ1) is 13.4. The first-order chi connectivity index (χ1) is 9.83. The normalized spacial score (nSPS) is 23.1. The van der Waals surface area contributed by atoms with Crippen LogP contribution < -0.4 is 5.32 Å². The number of aryl methyl sites for hydroxylation is 2. The van der Waals surface area contributed by atoms with Gasteiger partial charge in [0.1, 0.15) is 5.82 Å². The van der Waals surface area contributed by atoms with Gasteiger partial charge >= 0.3 is 0 Å². The molecule has 1 aliphatic heterocycles. The lowest BCUT2D eigenvalue weighted by Crippen LogP contribution is -2.35. The van der Waals surface area contributed by atoms with Crippen LogP contribution in [0.5, 0.6) is 0 Å². The largest absolute Gasteiger partial charge is 0.349 e. The number of piperidine rings is 1. The van der Waals surface area contributed by atoms with Crippen molar-refractivity contribution in [3.05, 3.63) is 36.4 Å². The maximum Gasteiger partial charge on any atom is 0.106 e. The van der Waals surface area contributed by atoms with Crippen LogP contribution in [0.1, 0.15) is 50.2 Å². The molecule has 2 aromatic rings. The number of hydrogen-bond donors (Lipinski definition) is 2. The molecule has 0 aliphatic carbocycles. The van der Waals surface area contributed by atoms with Crippen molar-refractivity contribution in [2.75, 3.05) is 0 Å². The monoisotopic (exact) mass is 273 g/mol. The van der Waals surface area contributed by atoms with Gasteiger partial charge in [-0.25, -0.2) is 9.97 Å². The molecule has 0 radical (unpaired) electrons. The summed E-state index contributed by atoms with van der Waals surface area (Å²) in [6.07, 6.45) is 13.5. The van der Waals surface area contributed by atoms with E-state index in [1.54, 1.807) is 0 Å². The van der Waals surface area contributed by atoms with Gasteiger partial charge in [0, 0.05) is 43.6 Å². The lowest BCUT2D eigenvalue weighted by molar-refractivity contribution is 0.328. The van der Waals surface area contributed by atoms with Gasteiger partial charge in [0.2, 0.25) is 0 Å². The Morgan fingerprint density at radius 1 is 1.40 bits per heavy atom. The number of H-pyrrole nitrogens is 1. The molecule has 0 aromatic carbocycles. The van der Waals surface area contributed by atoms with E-state index in [2.05, 4.69) is 31.8 Å². The lowest BCUT2D eigenvalue weighted by atomic mass is 9.97. The number of rotatable bonds is 5. The average Bonchev–Trinajstić information content (AvgIpc) is 3.10. The van der Waals surface area contributed by atoms with Crippen molar-refractivity contribution in [3.8, 4) is 0 Å². The molecule has 1 fully saturated rings. The summed E-state index contributed by atoms with van der Waals surface area (Å²) >= 11 is 0. The molecule has 5 heteroatoms. The predicted molar refractivity (Wildman–Crippen MR) is 78.3 cm³/mol. The molecule has 0 spiro atoms. The summed E-state index contributed by atoms with van der Waals surface area (Å²) in [6.45, 7) is 3.27. The Hall–Kier alpha value is -1.62. The molecule has 2 aromatic heterocycles. The molecule has 0 bridgehead atoms. The topological polar surface area (TPSA) is 58.5 Å². The number of imidazole rings is 2. The van der Waals surface area contributed by atoms with Gasteiger partial charge in [0.25, 0.3) is 0 Å². The highest BCUT2D eigenvalue weighted by Crippen LogP contribution is 2.25. The van der Waals surface area contributed by atoms with Gasteiger partial charge in [-0.2, -0.15) is 0 Å². The van der Waals surface area contributed by atoms with E-state index in [4.69, 9.17) is 0 Å². The molecule has 2 atom stereocenters. The summed E-state index contributed by atoms with van der Waals surface area (Å²) < 4.78 is 2.29. The Morgan fingerprint density at radius 3 is 3.15 bits per heavy atom. The van der Waals surface area contributed by atoms with E-state index in [1.807, 2.05) is 24.9 Å². The second-order valence-corrected chi connectivity index (χ2v) is 5.70. The fourth-order valence-electron chi connectivity index (χ4n) is 3.03. The Balaban J connectivity index is 1.58. The Labute approximate surface area is 119 Å². The second kappa shape index (κ2) is 6.22. The van der Waals surface area contributed by atoms with Gasteiger partial charge in [-0.1, -0.05) is 0 Å². The minimum atomic E-state index is 0.463. The molecule has 3 rings (SSSR count). The average molecular weight is 273 g/mol. The van der Waals surface area contributed by atoms with Gasteiger partial charge in [0.15, 0.2) is 0 Å². The first-order valence-electron chi connectivity index (χ1n) is 7.57. The zero-order valence-corrected chi connectivity index (χ0v) is 12.0. The third-order valence-electron chi connectivity index (χ3n) is 4.08. The fraction of sp³-hybridized carbons (Fsp3) is 0.600. The highest BCUT2D eigenvalue weighted by molar-refractivity contribution is 5.07. The summed E-state index contributed by atoms with van der Waals surface area (Å²) in [6, 6.07) is 1.07. The van der Waals surface area contributed by atoms with E-state index in [-0.39, 0.29) is 0 Å². The number of nitrogens with zero attached hydrogens (tertiary/aromatic N) is 3. The Morgan fingerprint density at radius 2 is 2.35 bits per heavy atom. The highest BCUT2D eigenvalue weighted by Gasteiger charge is 2.21. The second-order valence-electron chi connectivity index (χ2n) is 5.70. The number of aromatic nitrogens is 4. The van der Waals surface area contributed by atoms with Crippen LogP contribution in [-0.2, 0) is 13.0 Å². The Bertz CT molecular complexity index is 516. The van der Waals surface area contributed by atoms with Crippen molar-refractivity contribution in [2.24, 2.45) is 0 Å². The van der Waals surface area contributed by atoms with Crippen molar-refractivity contribution in [3.63, 3.8) is 0 Å². The molecule has 20 heavy (non-hydrogen) atoms. The number of nitrogens with one attached hydrogen (secondary N) is 2. The zero-order valence-electron chi connectivity index (χ0n) is 12.0. The van der Waals surface area contributed by atoms with Crippen LogP contribution >= 0.6 is 0 Å². The van der Waals surface area contributed by atoms with Gasteiger partial charge in [-0.3, -0.25) is 0 Å². The van der Waals surface area contributed by atoms with Crippen molar-refractivity contribution in [1.29, 1.82) is 0 Å². The first-order valence-corrected chi connectivity index (χ1v) is 7.57. The van der Waals surface area contributed by atoms with Gasteiger partial charge in [0.05, 0.1) is 12.0 Å². The quantitative estimate of drug-likeness (QED) is 0.879. The minimum Gasteiger partial charge on any atom is -0.349 e. The van der Waals surface area contributed by atoms with Gasteiger partial charge in [-0.15, -0.1) is 0 Å². The number of hydrogen-bond acceptors (Lipinski definition) is 3. The molecule has 0 saturated carbocycles. The van der Waals surface area contributed by atoms with Crippen molar-refractivity contribution in [2.45, 2.75) is 57.7 Å². The van der Waals surface area contributed by atoms with Crippen LogP contribution in [0.15, 0.2) is 24.9 Å². The van der Waals surface area contributed by atoms with E-state index in [0.29, 0.717) is 12.1 Å². The zero-order chi connectivity index (χ0) is 13.8. The van der Waals surface area contributed by atoms with Crippen LogP contribution in [0.2, 0.25) is 0 Å². The SMILES string of the molecule is CC1CCCC(c2cncn2CCCc2ncc[nH]2)N1. The molecule has 2 unspecified atom stereocenters. The standard InChI is InChI=1S/C15H23N5/c1-12-4-2-5-13(19-12)14-10-16-11-20(14)9-3-6-15-17-7-8-18-15/h7-8,10-13,19H,2-6,9H2,1H3,(H,17,18). The van der Waals surface area contributed by atoms with Crippen LogP contribution in [0.25, 0.3) is 0 Å². The molecule has 0 amide bonds. The van der Waals surface area contributed by atoms with Crippen molar-refractivity contribution < 1.29 is 0 Å². The van der Waals surface area contributed by atoms with E-state index in [0.717, 1.165) is 25.2 Å². The van der Waals surface area contributed by atoms with Crippen LogP contribution in [-0.4, -0.2) is 25.6 Å². The molecule has 1 aliphatic rings. The van der Waals surface area contributed by atoms with Gasteiger partial charge < -0.3 is 14.9 Å². The minimum absolute atomic E-state index is 0.463. The highest BCUT2D eigenvalue weighted by atomic mass is 15.1. The van der Waals surface area contributed by atoms with E-state index in [1.165, 1.54) is 25.0 Å². The van der Waals surface area contributed by atoms with Gasteiger partial charge in [-0.05, 0) is 32.6 Å². The van der Waals surface area contributed by atoms with E-state index in [9.17, 15) is 0 Å². The third-order valence-corrected chi connectivity index (χ3v) is 4.08. The van der Waals surface area contributed by atoms with Crippen LogP contribution in [0, 0.1) is 0 Å². The summed E-state index contributed by atoms with van der Waals surface area (Å²) in [7, 11) is 0. The van der Waals surface area contributed by atoms with E-state index < -0.39 is 0 Å². The maximum absolute atomic E-state index is 4.34. The summed E-state index contributed by atoms with van der Waals surface area (Å²) in [5.41, 5.74) is 1.33. The van der Waals surface area contributed by atoms with E-state index >= 15 is 0 Å². The molecular weight excluding hydrogens is 250 g/mol. The van der Waals surface area contributed by atoms with Crippen LogP contribution in [0.3, 0.4) is 0 Å². The number of aromatic amines is 1. The Kier molecular flexibility index (Phi) is 4.16. The predicted octanol–water partition coefficient (Wildman–Crippen LogP) is 2.44. The van der Waals surface area contributed by atoms with Crippen molar-refractivity contribution in [1.82, 2.24) is 24.8 Å². The van der Waals surface area contributed by atoms with Crippen molar-refractivity contribution >= 4 is 0 Å². The molecule has 2 N–H and O–H groups in total. The molecule has 5 nitrogen and oxygen atoms in total. The smallest absolute Gasteiger partial charge is 0.106 e. The molecule has 3 heterocycles. The third kappa shape index (κ3) is 3.10.